The van der Waals surface area contributed by atoms with E-state index in [2.05, 4.69) is 9.97 Å². The molecule has 0 fully saturated rings. The first kappa shape index (κ1) is 4.31. The number of hydrogen-bond acceptors (Lipinski definition) is 5. The summed E-state index contributed by atoms with van der Waals surface area (Å²) in [5.41, 5.74) is -2.19. The highest BCUT2D eigenvalue weighted by molar-refractivity contribution is 5.29. The van der Waals surface area contributed by atoms with E-state index in [1.807, 2.05) is 0 Å². The largest absolute Gasteiger partial charge is 0.468 e. The van der Waals surface area contributed by atoms with Crippen LogP contribution < -0.4 is 4.74 Å². The standard InChI is InChI=1S/C12H11N3O3/c1-9(11-4-2-3-7-13-11)18-12-6-5-10(8-14-12)15(16)17/h2-9H,1H3/i1D3,2D,3D,4D,5D,6D,7D,8D,9D. The van der Waals surface area contributed by atoms with Crippen molar-refractivity contribution in [2.24, 2.45) is 0 Å². The topological polar surface area (TPSA) is 78.2 Å². The summed E-state index contributed by atoms with van der Waals surface area (Å²) in [7, 11) is 0. The van der Waals surface area contributed by atoms with Gasteiger partial charge in [-0.15, -0.1) is 0 Å². The van der Waals surface area contributed by atoms with Crippen LogP contribution in [0, 0.1) is 10.1 Å². The molecule has 2 rings (SSSR count). The Morgan fingerprint density at radius 2 is 2.39 bits per heavy atom. The molecular formula is C12H11N3O3. The lowest BCUT2D eigenvalue weighted by molar-refractivity contribution is -0.385. The van der Waals surface area contributed by atoms with Crippen LogP contribution >= 0.6 is 0 Å². The fraction of sp³-hybridized carbons (Fsp3) is 0.167. The van der Waals surface area contributed by atoms with Crippen LogP contribution in [0.3, 0.4) is 0 Å². The van der Waals surface area contributed by atoms with Crippen LogP contribution in [0.1, 0.15) is 33.7 Å². The predicted octanol–water partition coefficient (Wildman–Crippen LogP) is 2.52. The van der Waals surface area contributed by atoms with E-state index in [0.717, 1.165) is 0 Å². The normalized spacial score (nSPS) is 23.0. The van der Waals surface area contributed by atoms with Gasteiger partial charge in [-0.25, -0.2) is 4.98 Å². The molecule has 0 amide bonds. The molecule has 0 saturated heterocycles. The van der Waals surface area contributed by atoms with Crippen molar-refractivity contribution in [1.29, 1.82) is 0 Å². The van der Waals surface area contributed by atoms with Crippen molar-refractivity contribution < 1.29 is 24.7 Å². The zero-order valence-electron chi connectivity index (χ0n) is 19.6. The summed E-state index contributed by atoms with van der Waals surface area (Å²) in [5, 5.41) is 10.9. The van der Waals surface area contributed by atoms with Gasteiger partial charge in [0.1, 0.15) is 12.3 Å². The van der Waals surface area contributed by atoms with Gasteiger partial charge >= 0.3 is 0 Å². The predicted molar refractivity (Wildman–Crippen MR) is 64.2 cm³/mol. The fourth-order valence-corrected chi connectivity index (χ4v) is 0.890. The number of nitro groups is 1. The summed E-state index contributed by atoms with van der Waals surface area (Å²) in [4.78, 5) is 16.4. The maximum atomic E-state index is 10.9. The minimum atomic E-state index is -3.45. The molecule has 2 aromatic heterocycles. The fourth-order valence-electron chi connectivity index (χ4n) is 0.890. The second-order valence-corrected chi connectivity index (χ2v) is 2.76. The molecule has 0 saturated carbocycles. The first-order valence-electron chi connectivity index (χ1n) is 9.89. The van der Waals surface area contributed by atoms with Gasteiger partial charge in [0.2, 0.25) is 5.88 Å². The van der Waals surface area contributed by atoms with Crippen LogP contribution in [0.5, 0.6) is 5.88 Å². The van der Waals surface area contributed by atoms with Crippen LogP contribution in [0.25, 0.3) is 0 Å². The third-order valence-corrected chi connectivity index (χ3v) is 1.61. The lowest BCUT2D eigenvalue weighted by Gasteiger charge is -2.12. The smallest absolute Gasteiger partial charge is 0.287 e. The van der Waals surface area contributed by atoms with Gasteiger partial charge < -0.3 is 4.74 Å². The van der Waals surface area contributed by atoms with E-state index in [-0.39, 0.29) is 0 Å². The Kier molecular flexibility index (Phi) is 1.25. The van der Waals surface area contributed by atoms with Crippen molar-refractivity contribution in [3.8, 4) is 5.88 Å². The molecule has 2 aromatic rings. The monoisotopic (exact) mass is 256 g/mol. The molecule has 2 heterocycles. The lowest BCUT2D eigenvalue weighted by atomic mass is 10.2. The van der Waals surface area contributed by atoms with E-state index >= 15 is 0 Å². The quantitative estimate of drug-likeness (QED) is 0.620. The van der Waals surface area contributed by atoms with Crippen molar-refractivity contribution in [2.45, 2.75) is 12.9 Å². The van der Waals surface area contributed by atoms with Gasteiger partial charge in [-0.3, -0.25) is 15.1 Å². The lowest BCUT2D eigenvalue weighted by Crippen LogP contribution is -2.05. The van der Waals surface area contributed by atoms with E-state index in [1.165, 1.54) is 0 Å². The molecule has 0 aromatic carbocycles. The Morgan fingerprint density at radius 1 is 1.50 bits per heavy atom. The van der Waals surface area contributed by atoms with Gasteiger partial charge in [-0.2, -0.15) is 0 Å². The van der Waals surface area contributed by atoms with Gasteiger partial charge in [0, 0.05) is 22.4 Å². The molecule has 1 atom stereocenters. The highest BCUT2D eigenvalue weighted by atomic mass is 16.6. The van der Waals surface area contributed by atoms with E-state index < -0.39 is 77.7 Å². The molecule has 0 aliphatic rings. The number of nitrogens with zero attached hydrogens (tertiary/aromatic N) is 3. The number of rotatable bonds is 4. The third-order valence-electron chi connectivity index (χ3n) is 1.61. The third kappa shape index (κ3) is 2.79. The zero-order chi connectivity index (χ0) is 22.5. The average molecular weight is 256 g/mol. The van der Waals surface area contributed by atoms with Gasteiger partial charge in [-0.1, -0.05) is 6.04 Å². The maximum absolute atomic E-state index is 10.9. The Labute approximate surface area is 119 Å². The Morgan fingerprint density at radius 3 is 3.17 bits per heavy atom. The molecular weight excluding hydrogens is 234 g/mol. The zero-order valence-corrected chi connectivity index (χ0v) is 8.57. The molecule has 18 heavy (non-hydrogen) atoms. The van der Waals surface area contributed by atoms with E-state index in [9.17, 15) is 10.1 Å². The van der Waals surface area contributed by atoms with Crippen LogP contribution in [0.2, 0.25) is 0 Å². The van der Waals surface area contributed by atoms with Crippen molar-refractivity contribution in [3.05, 3.63) is 58.4 Å². The minimum Gasteiger partial charge on any atom is -0.468 e. The Bertz CT molecular complexity index is 1010. The highest BCUT2D eigenvalue weighted by Gasteiger charge is 2.10. The van der Waals surface area contributed by atoms with Gasteiger partial charge in [0.05, 0.1) is 21.6 Å². The molecule has 0 N–H and O–H groups in total. The molecule has 6 heteroatoms. The van der Waals surface area contributed by atoms with Crippen LogP contribution in [0.4, 0.5) is 5.69 Å². The molecule has 0 aliphatic carbocycles. The highest BCUT2D eigenvalue weighted by Crippen LogP contribution is 2.19. The van der Waals surface area contributed by atoms with E-state index in [0.29, 0.717) is 0 Å². The number of hydrogen-bond donors (Lipinski definition) is 0. The van der Waals surface area contributed by atoms with Gasteiger partial charge in [-0.05, 0) is 18.9 Å². The Hall–Kier alpha value is -2.50. The summed E-state index contributed by atoms with van der Waals surface area (Å²) in [6, 6.07) is -4.88. The minimum absolute atomic E-state index is 0.789. The first-order chi connectivity index (χ1) is 13.1. The number of aromatic nitrogens is 2. The van der Waals surface area contributed by atoms with Crippen molar-refractivity contribution in [3.63, 3.8) is 0 Å². The van der Waals surface area contributed by atoms with E-state index in [1.54, 1.807) is 0 Å². The van der Waals surface area contributed by atoms with Crippen LogP contribution in [-0.4, -0.2) is 14.9 Å². The molecule has 0 bridgehead atoms. The average Bonchev–Trinajstić information content (AvgIpc) is 2.59. The second kappa shape index (κ2) is 5.22. The molecule has 0 spiro atoms. The molecule has 6 nitrogen and oxygen atoms in total. The number of ether oxygens (including phenoxy) is 1. The summed E-state index contributed by atoms with van der Waals surface area (Å²) in [5.74, 6) is -1.09. The second-order valence-electron chi connectivity index (χ2n) is 2.76. The first-order valence-corrected chi connectivity index (χ1v) is 4.39. The maximum Gasteiger partial charge on any atom is 0.287 e. The summed E-state index contributed by atoms with van der Waals surface area (Å²) in [6.07, 6.45) is -5.36. The molecule has 1 unspecified atom stereocenters. The van der Waals surface area contributed by atoms with Crippen molar-refractivity contribution >= 4 is 5.69 Å². The van der Waals surface area contributed by atoms with Crippen LogP contribution in [0.15, 0.2) is 42.6 Å². The summed E-state index contributed by atoms with van der Waals surface area (Å²) >= 11 is 0. The van der Waals surface area contributed by atoms with Gasteiger partial charge in [0.15, 0.2) is 0 Å². The molecule has 0 radical (unpaired) electrons. The van der Waals surface area contributed by atoms with Gasteiger partial charge in [0.25, 0.3) is 5.69 Å². The molecule has 92 valence electrons. The molecule has 0 aliphatic heterocycles. The van der Waals surface area contributed by atoms with Crippen molar-refractivity contribution in [2.75, 3.05) is 0 Å². The van der Waals surface area contributed by atoms with Crippen LogP contribution in [-0.2, 0) is 0 Å². The summed E-state index contributed by atoms with van der Waals surface area (Å²) < 4.78 is 89.3. The Balaban J connectivity index is 2.77. The number of pyridine rings is 2. The van der Waals surface area contributed by atoms with Crippen molar-refractivity contribution in [1.82, 2.24) is 9.97 Å². The van der Waals surface area contributed by atoms with E-state index in [4.69, 9.17) is 19.8 Å². The summed E-state index contributed by atoms with van der Waals surface area (Å²) in [6.45, 7) is -3.45. The SMILES string of the molecule is [2H]c1nc(C([2H])(Oc2nc([2H])c([N+](=O)[O-])c([2H])c2[2H])C([2H])([2H])[2H])c([2H])c([2H])c1[2H].